The SMILES string of the molecule is COC(=O)c1c(NC(=S)NC(C)c2ccc(C)c(C)c2)sc2c1CCCCCC2. The normalized spacial score (nSPS) is 14.9. The highest BCUT2D eigenvalue weighted by Gasteiger charge is 2.25. The van der Waals surface area contributed by atoms with Gasteiger partial charge in [0, 0.05) is 4.88 Å². The molecular weight excluding hydrogens is 400 g/mol. The first-order valence-corrected chi connectivity index (χ1v) is 11.5. The Hall–Kier alpha value is -1.92. The van der Waals surface area contributed by atoms with Crippen molar-refractivity contribution in [3.05, 3.63) is 50.9 Å². The summed E-state index contributed by atoms with van der Waals surface area (Å²) in [6.45, 7) is 6.32. The number of hydrogen-bond acceptors (Lipinski definition) is 4. The maximum absolute atomic E-state index is 12.5. The molecule has 1 heterocycles. The van der Waals surface area contributed by atoms with Crippen molar-refractivity contribution in [3.63, 3.8) is 0 Å². The van der Waals surface area contributed by atoms with Gasteiger partial charge in [0.2, 0.25) is 0 Å². The molecule has 0 spiro atoms. The highest BCUT2D eigenvalue weighted by atomic mass is 32.1. The summed E-state index contributed by atoms with van der Waals surface area (Å²) in [7, 11) is 1.44. The minimum atomic E-state index is -0.282. The van der Waals surface area contributed by atoms with E-state index in [4.69, 9.17) is 17.0 Å². The predicted octanol–water partition coefficient (Wildman–Crippen LogP) is 5.86. The second kappa shape index (κ2) is 9.72. The van der Waals surface area contributed by atoms with Crippen molar-refractivity contribution in [1.82, 2.24) is 5.32 Å². The monoisotopic (exact) mass is 430 g/mol. The number of carbonyl (C=O) groups excluding carboxylic acids is 1. The first kappa shape index (κ1) is 21.8. The number of methoxy groups -OCH3 is 1. The van der Waals surface area contributed by atoms with Crippen LogP contribution in [0.2, 0.25) is 0 Å². The number of rotatable bonds is 4. The zero-order valence-corrected chi connectivity index (χ0v) is 19.3. The summed E-state index contributed by atoms with van der Waals surface area (Å²) in [5.41, 5.74) is 5.54. The van der Waals surface area contributed by atoms with Crippen molar-refractivity contribution < 1.29 is 9.53 Å². The smallest absolute Gasteiger partial charge is 0.341 e. The molecule has 1 aromatic carbocycles. The lowest BCUT2D eigenvalue weighted by atomic mass is 9.96. The molecule has 4 nitrogen and oxygen atoms in total. The van der Waals surface area contributed by atoms with Gasteiger partial charge in [-0.1, -0.05) is 31.0 Å². The Bertz CT molecular complexity index is 905. The van der Waals surface area contributed by atoms with Crippen LogP contribution in [0.4, 0.5) is 5.00 Å². The molecular formula is C23H30N2O2S2. The van der Waals surface area contributed by atoms with E-state index >= 15 is 0 Å². The molecule has 0 saturated carbocycles. The summed E-state index contributed by atoms with van der Waals surface area (Å²) in [6.07, 6.45) is 6.69. The van der Waals surface area contributed by atoms with Crippen molar-refractivity contribution in [2.24, 2.45) is 0 Å². The number of thiocarbonyl (C=S) groups is 1. The first-order valence-electron chi connectivity index (χ1n) is 10.3. The molecule has 0 aliphatic heterocycles. The van der Waals surface area contributed by atoms with E-state index in [1.165, 1.54) is 47.9 Å². The number of anilines is 1. The summed E-state index contributed by atoms with van der Waals surface area (Å²) in [4.78, 5) is 13.8. The van der Waals surface area contributed by atoms with E-state index in [2.05, 4.69) is 49.6 Å². The number of thiophene rings is 1. The Morgan fingerprint density at radius 2 is 1.86 bits per heavy atom. The molecule has 0 fully saturated rings. The Morgan fingerprint density at radius 3 is 2.55 bits per heavy atom. The number of carbonyl (C=O) groups is 1. The molecule has 156 valence electrons. The molecule has 0 saturated heterocycles. The van der Waals surface area contributed by atoms with Crippen LogP contribution in [0, 0.1) is 13.8 Å². The number of fused-ring (bicyclic) bond motifs is 1. The number of hydrogen-bond donors (Lipinski definition) is 2. The summed E-state index contributed by atoms with van der Waals surface area (Å²) >= 11 is 7.22. The maximum atomic E-state index is 12.5. The van der Waals surface area contributed by atoms with Crippen LogP contribution in [-0.2, 0) is 17.6 Å². The van der Waals surface area contributed by atoms with Gasteiger partial charge in [0.25, 0.3) is 0 Å². The van der Waals surface area contributed by atoms with Crippen LogP contribution in [0.25, 0.3) is 0 Å². The molecule has 1 aromatic heterocycles. The molecule has 2 N–H and O–H groups in total. The van der Waals surface area contributed by atoms with Gasteiger partial charge in [0.15, 0.2) is 5.11 Å². The molecule has 1 aliphatic carbocycles. The number of ether oxygens (including phenoxy) is 1. The molecule has 0 amide bonds. The topological polar surface area (TPSA) is 50.4 Å². The van der Waals surface area contributed by atoms with Crippen molar-refractivity contribution in [2.45, 2.75) is 65.3 Å². The molecule has 6 heteroatoms. The van der Waals surface area contributed by atoms with E-state index in [1.54, 1.807) is 11.3 Å². The summed E-state index contributed by atoms with van der Waals surface area (Å²) in [5.74, 6) is -0.282. The third-order valence-corrected chi connectivity index (χ3v) is 7.09. The highest BCUT2D eigenvalue weighted by Crippen LogP contribution is 2.37. The average molecular weight is 431 g/mol. The molecule has 3 rings (SSSR count). The van der Waals surface area contributed by atoms with Crippen LogP contribution < -0.4 is 10.6 Å². The molecule has 1 unspecified atom stereocenters. The van der Waals surface area contributed by atoms with Crippen LogP contribution in [0.15, 0.2) is 18.2 Å². The van der Waals surface area contributed by atoms with Gasteiger partial charge in [0.1, 0.15) is 5.00 Å². The van der Waals surface area contributed by atoms with Gasteiger partial charge < -0.3 is 15.4 Å². The standard InChI is InChI=1S/C23H30N2O2S2/c1-14-11-12-17(13-15(14)2)16(3)24-23(28)25-21-20(22(26)27-4)18-9-7-5-6-8-10-19(18)29-21/h11-13,16H,5-10H2,1-4H3,(H2,24,25,28). The fraction of sp³-hybridized carbons (Fsp3) is 0.478. The number of esters is 1. The maximum Gasteiger partial charge on any atom is 0.341 e. The Kier molecular flexibility index (Phi) is 7.30. The van der Waals surface area contributed by atoms with Crippen LogP contribution >= 0.6 is 23.6 Å². The molecule has 1 aliphatic rings. The van der Waals surface area contributed by atoms with Gasteiger partial charge in [0.05, 0.1) is 18.7 Å². The molecule has 2 aromatic rings. The van der Waals surface area contributed by atoms with Gasteiger partial charge >= 0.3 is 5.97 Å². The lowest BCUT2D eigenvalue weighted by Crippen LogP contribution is -2.31. The van der Waals surface area contributed by atoms with Crippen molar-refractivity contribution in [3.8, 4) is 0 Å². The second-order valence-corrected chi connectivity index (χ2v) is 9.29. The quantitative estimate of drug-likeness (QED) is 0.470. The van der Waals surface area contributed by atoms with Crippen LogP contribution in [0.1, 0.15) is 76.1 Å². The van der Waals surface area contributed by atoms with Crippen LogP contribution in [-0.4, -0.2) is 18.2 Å². The average Bonchev–Trinajstić information content (AvgIpc) is 2.99. The Labute approximate surface area is 183 Å². The molecule has 0 bridgehead atoms. The third kappa shape index (κ3) is 5.17. The van der Waals surface area contributed by atoms with Gasteiger partial charge in [-0.2, -0.15) is 0 Å². The number of nitrogens with one attached hydrogen (secondary N) is 2. The molecule has 0 radical (unpaired) electrons. The second-order valence-electron chi connectivity index (χ2n) is 7.78. The third-order valence-electron chi connectivity index (χ3n) is 5.67. The minimum absolute atomic E-state index is 0.0665. The van der Waals surface area contributed by atoms with Crippen molar-refractivity contribution in [1.29, 1.82) is 0 Å². The first-order chi connectivity index (χ1) is 13.9. The van der Waals surface area contributed by atoms with Crippen molar-refractivity contribution >= 4 is 39.6 Å². The minimum Gasteiger partial charge on any atom is -0.465 e. The van der Waals surface area contributed by atoms with E-state index in [0.717, 1.165) is 29.8 Å². The summed E-state index contributed by atoms with van der Waals surface area (Å²) in [6, 6.07) is 6.51. The fourth-order valence-electron chi connectivity index (χ4n) is 3.78. The predicted molar refractivity (Wildman–Crippen MR) is 125 cm³/mol. The van der Waals surface area contributed by atoms with Gasteiger partial charge in [-0.15, -0.1) is 11.3 Å². The van der Waals surface area contributed by atoms with E-state index in [1.807, 2.05) is 0 Å². The van der Waals surface area contributed by atoms with Gasteiger partial charge in [-0.3, -0.25) is 0 Å². The van der Waals surface area contributed by atoms with Gasteiger partial charge in [-0.05, 0) is 80.9 Å². The number of benzene rings is 1. The van der Waals surface area contributed by atoms with E-state index in [0.29, 0.717) is 10.7 Å². The largest absolute Gasteiger partial charge is 0.465 e. The van der Waals surface area contributed by atoms with E-state index in [9.17, 15) is 4.79 Å². The molecule has 29 heavy (non-hydrogen) atoms. The fourth-order valence-corrected chi connectivity index (χ4v) is 5.40. The lowest BCUT2D eigenvalue weighted by molar-refractivity contribution is 0.0601. The number of aryl methyl sites for hydroxylation is 3. The Morgan fingerprint density at radius 1 is 1.14 bits per heavy atom. The zero-order chi connectivity index (χ0) is 21.0. The van der Waals surface area contributed by atoms with Crippen molar-refractivity contribution in [2.75, 3.05) is 12.4 Å². The molecule has 1 atom stereocenters. The zero-order valence-electron chi connectivity index (χ0n) is 17.7. The van der Waals surface area contributed by atoms with Crippen LogP contribution in [0.5, 0.6) is 0 Å². The van der Waals surface area contributed by atoms with Crippen LogP contribution in [0.3, 0.4) is 0 Å². The lowest BCUT2D eigenvalue weighted by Gasteiger charge is -2.18. The van der Waals surface area contributed by atoms with Gasteiger partial charge in [-0.25, -0.2) is 4.79 Å². The summed E-state index contributed by atoms with van der Waals surface area (Å²) < 4.78 is 5.09. The Balaban J connectivity index is 1.79. The summed E-state index contributed by atoms with van der Waals surface area (Å²) in [5, 5.41) is 7.97. The van der Waals surface area contributed by atoms with E-state index in [-0.39, 0.29) is 12.0 Å². The highest BCUT2D eigenvalue weighted by molar-refractivity contribution is 7.80. The van der Waals surface area contributed by atoms with E-state index < -0.39 is 0 Å².